The average Bonchev–Trinajstić information content (AvgIpc) is 2.80. The monoisotopic (exact) mass is 352 g/mol. The highest BCUT2D eigenvalue weighted by Crippen LogP contribution is 1.96. The number of nitrogens with zero attached hydrogens (tertiary/aromatic N) is 3. The summed E-state index contributed by atoms with van der Waals surface area (Å²) >= 11 is 0. The van der Waals surface area contributed by atoms with E-state index in [9.17, 15) is 0 Å². The molecular weight excluding hydrogens is 331 g/mol. The molecule has 0 aliphatic heterocycles. The van der Waals surface area contributed by atoms with Gasteiger partial charge in [0.15, 0.2) is 5.96 Å². The lowest BCUT2D eigenvalue weighted by Gasteiger charge is -2.21. The van der Waals surface area contributed by atoms with Crippen LogP contribution < -0.4 is 5.32 Å². The summed E-state index contributed by atoms with van der Waals surface area (Å²) in [5, 5.41) is 7.07. The lowest BCUT2D eigenvalue weighted by atomic mass is 10.3. The van der Waals surface area contributed by atoms with Crippen LogP contribution in [0.15, 0.2) is 21.8 Å². The third-order valence-electron chi connectivity index (χ3n) is 2.34. The number of aliphatic imine (C=N–C) groups is 1. The van der Waals surface area contributed by atoms with E-state index in [-0.39, 0.29) is 24.0 Å². The molecule has 0 saturated heterocycles. The smallest absolute Gasteiger partial charge is 0.193 e. The van der Waals surface area contributed by atoms with Crippen molar-refractivity contribution in [3.05, 3.63) is 18.0 Å². The van der Waals surface area contributed by atoms with Crippen molar-refractivity contribution in [1.29, 1.82) is 0 Å². The van der Waals surface area contributed by atoms with Gasteiger partial charge in [-0.25, -0.2) is 0 Å². The van der Waals surface area contributed by atoms with Gasteiger partial charge in [-0.05, 0) is 6.42 Å². The second-order valence-corrected chi connectivity index (χ2v) is 3.67. The molecule has 6 heteroatoms. The molecule has 0 amide bonds. The van der Waals surface area contributed by atoms with Crippen LogP contribution >= 0.6 is 24.0 Å². The fourth-order valence-corrected chi connectivity index (χ4v) is 1.38. The molecule has 17 heavy (non-hydrogen) atoms. The van der Waals surface area contributed by atoms with E-state index >= 15 is 0 Å². The molecule has 1 aromatic heterocycles. The zero-order valence-corrected chi connectivity index (χ0v) is 13.0. The topological polar surface area (TPSA) is 53.7 Å². The molecule has 1 rings (SSSR count). The highest BCUT2D eigenvalue weighted by atomic mass is 127. The van der Waals surface area contributed by atoms with Crippen molar-refractivity contribution in [2.24, 2.45) is 4.99 Å². The fraction of sp³-hybridized carbons (Fsp3) is 0.636. The van der Waals surface area contributed by atoms with Crippen molar-refractivity contribution >= 4 is 29.9 Å². The molecule has 1 aromatic rings. The van der Waals surface area contributed by atoms with Crippen molar-refractivity contribution in [3.63, 3.8) is 0 Å². The molecule has 1 heterocycles. The van der Waals surface area contributed by atoms with Crippen LogP contribution in [0.3, 0.4) is 0 Å². The van der Waals surface area contributed by atoms with Crippen molar-refractivity contribution in [2.45, 2.75) is 26.3 Å². The minimum absolute atomic E-state index is 0. The maximum absolute atomic E-state index is 4.76. The Kier molecular flexibility index (Phi) is 8.83. The van der Waals surface area contributed by atoms with Crippen LogP contribution in [0.2, 0.25) is 0 Å². The van der Waals surface area contributed by atoms with Crippen molar-refractivity contribution in [2.75, 3.05) is 20.6 Å². The van der Waals surface area contributed by atoms with E-state index in [4.69, 9.17) is 4.52 Å². The molecule has 1 N–H and O–H groups in total. The summed E-state index contributed by atoms with van der Waals surface area (Å²) < 4.78 is 4.76. The predicted octanol–water partition coefficient (Wildman–Crippen LogP) is 2.10. The lowest BCUT2D eigenvalue weighted by molar-refractivity contribution is 0.409. The van der Waals surface area contributed by atoms with Crippen LogP contribution in [0, 0.1) is 0 Å². The molecule has 0 saturated carbocycles. The second-order valence-electron chi connectivity index (χ2n) is 3.67. The average molecular weight is 352 g/mol. The number of guanidine groups is 1. The summed E-state index contributed by atoms with van der Waals surface area (Å²) in [7, 11) is 3.82. The highest BCUT2D eigenvalue weighted by molar-refractivity contribution is 14.0. The van der Waals surface area contributed by atoms with Crippen LogP contribution in [-0.2, 0) is 6.54 Å². The summed E-state index contributed by atoms with van der Waals surface area (Å²) in [4.78, 5) is 6.33. The van der Waals surface area contributed by atoms with Crippen LogP contribution in [0.5, 0.6) is 0 Å². The van der Waals surface area contributed by atoms with Crippen molar-refractivity contribution in [1.82, 2.24) is 15.4 Å². The van der Waals surface area contributed by atoms with E-state index < -0.39 is 0 Å². The van der Waals surface area contributed by atoms with E-state index in [0.29, 0.717) is 6.54 Å². The van der Waals surface area contributed by atoms with Gasteiger partial charge >= 0.3 is 0 Å². The summed E-state index contributed by atoms with van der Waals surface area (Å²) in [6.45, 7) is 3.83. The quantitative estimate of drug-likeness (QED) is 0.501. The third kappa shape index (κ3) is 5.90. The number of rotatable bonds is 5. The first kappa shape index (κ1) is 16.2. The summed E-state index contributed by atoms with van der Waals surface area (Å²) in [5.74, 6) is 0.886. The van der Waals surface area contributed by atoms with Gasteiger partial charge in [0.2, 0.25) is 0 Å². The van der Waals surface area contributed by atoms with Crippen LogP contribution in [0.1, 0.15) is 25.5 Å². The Labute approximate surface area is 120 Å². The third-order valence-corrected chi connectivity index (χ3v) is 2.34. The highest BCUT2D eigenvalue weighted by Gasteiger charge is 2.05. The minimum Gasteiger partial charge on any atom is -0.364 e. The van der Waals surface area contributed by atoms with Gasteiger partial charge in [0.05, 0.1) is 6.54 Å². The number of unbranched alkanes of at least 4 members (excludes halogenated alkanes) is 1. The molecule has 5 nitrogen and oxygen atoms in total. The van der Waals surface area contributed by atoms with Gasteiger partial charge in [-0.3, -0.25) is 4.99 Å². The Bertz CT molecular complexity index is 313. The number of nitrogens with one attached hydrogen (secondary N) is 1. The number of hydrogen-bond donors (Lipinski definition) is 1. The Hall–Kier alpha value is -0.790. The van der Waals surface area contributed by atoms with Crippen molar-refractivity contribution in [3.8, 4) is 0 Å². The molecule has 0 aliphatic rings. The first-order chi connectivity index (χ1) is 7.77. The Balaban J connectivity index is 0.00000256. The Morgan fingerprint density at radius 2 is 2.35 bits per heavy atom. The summed E-state index contributed by atoms with van der Waals surface area (Å²) in [6, 6.07) is 1.84. The van der Waals surface area contributed by atoms with Gasteiger partial charge in [0, 0.05) is 26.7 Å². The first-order valence-electron chi connectivity index (χ1n) is 5.59. The molecule has 0 radical (unpaired) electrons. The molecule has 0 bridgehead atoms. The number of halogens is 1. The molecule has 0 fully saturated rings. The molecule has 0 aliphatic carbocycles. The van der Waals surface area contributed by atoms with Gasteiger partial charge < -0.3 is 14.7 Å². The van der Waals surface area contributed by atoms with E-state index in [1.165, 1.54) is 12.8 Å². The normalized spacial score (nSPS) is 10.9. The minimum atomic E-state index is 0. The largest absolute Gasteiger partial charge is 0.364 e. The van der Waals surface area contributed by atoms with Gasteiger partial charge in [0.25, 0.3) is 0 Å². The van der Waals surface area contributed by atoms with Crippen molar-refractivity contribution < 1.29 is 4.52 Å². The van der Waals surface area contributed by atoms with Crippen LogP contribution in [0.4, 0.5) is 0 Å². The standard InChI is InChI=1S/C11H20N4O.HI/c1-4-5-7-15(3)11(12-2)13-9-10-6-8-16-14-10;/h6,8H,4-5,7,9H2,1-3H3,(H,12,13);1H. The van der Waals surface area contributed by atoms with Gasteiger partial charge in [-0.15, -0.1) is 24.0 Å². The van der Waals surface area contributed by atoms with Gasteiger partial charge in [0.1, 0.15) is 12.0 Å². The summed E-state index contributed by atoms with van der Waals surface area (Å²) in [5.41, 5.74) is 0.880. The Morgan fingerprint density at radius 1 is 1.59 bits per heavy atom. The maximum Gasteiger partial charge on any atom is 0.193 e. The fourth-order valence-electron chi connectivity index (χ4n) is 1.38. The molecule has 0 aromatic carbocycles. The van der Waals surface area contributed by atoms with E-state index in [0.717, 1.165) is 18.2 Å². The summed E-state index contributed by atoms with van der Waals surface area (Å²) in [6.07, 6.45) is 3.92. The van der Waals surface area contributed by atoms with E-state index in [1.54, 1.807) is 13.3 Å². The Morgan fingerprint density at radius 3 is 2.88 bits per heavy atom. The SMILES string of the molecule is CCCCN(C)C(=NC)NCc1ccon1.I. The van der Waals surface area contributed by atoms with E-state index in [1.807, 2.05) is 13.1 Å². The van der Waals surface area contributed by atoms with Crippen LogP contribution in [0.25, 0.3) is 0 Å². The lowest BCUT2D eigenvalue weighted by Crippen LogP contribution is -2.39. The maximum atomic E-state index is 4.76. The zero-order chi connectivity index (χ0) is 11.8. The molecule has 0 unspecified atom stereocenters. The molecular formula is C11H21IN4O. The van der Waals surface area contributed by atoms with E-state index in [2.05, 4.69) is 27.3 Å². The first-order valence-corrected chi connectivity index (χ1v) is 5.59. The molecule has 98 valence electrons. The van der Waals surface area contributed by atoms with Crippen LogP contribution in [-0.4, -0.2) is 36.7 Å². The second kappa shape index (κ2) is 9.26. The zero-order valence-electron chi connectivity index (χ0n) is 10.6. The van der Waals surface area contributed by atoms with Gasteiger partial charge in [-0.2, -0.15) is 0 Å². The van der Waals surface area contributed by atoms with Gasteiger partial charge in [-0.1, -0.05) is 18.5 Å². The molecule has 0 atom stereocenters. The molecule has 0 spiro atoms. The predicted molar refractivity (Wildman–Crippen MR) is 79.7 cm³/mol. The number of aromatic nitrogens is 1. The number of hydrogen-bond acceptors (Lipinski definition) is 3.